The number of hydrogen-bond acceptors (Lipinski definition) is 6. The number of carbonyl (C=O) groups excluding carboxylic acids is 4. The summed E-state index contributed by atoms with van der Waals surface area (Å²) >= 11 is 18.6. The van der Waals surface area contributed by atoms with Crippen LogP contribution in [0.2, 0.25) is 10.0 Å². The van der Waals surface area contributed by atoms with E-state index in [4.69, 9.17) is 44.3 Å². The Morgan fingerprint density at radius 1 is 1.02 bits per heavy atom. The number of halogens is 3. The minimum absolute atomic E-state index is 0.125. The summed E-state index contributed by atoms with van der Waals surface area (Å²) in [4.78, 5) is 56.9. The third kappa shape index (κ3) is 9.60. The van der Waals surface area contributed by atoms with Gasteiger partial charge in [-0.2, -0.15) is 0 Å². The van der Waals surface area contributed by atoms with Crippen molar-refractivity contribution in [3.63, 3.8) is 0 Å². The standard InChI is InChI=1S/C29H34Cl3N3O6/c1-3-41-28(38)19-33(13-12-20-4-8-22(30)9-5-20)26(36)17-24-29(39)35(18-27(37)34(24)14-15-40-2)25(32)16-21-6-10-23(31)11-7-21/h4-11,24-25H,3,12-19H2,1-2H3. The average Bonchev–Trinajstić information content (AvgIpc) is 2.94. The van der Waals surface area contributed by atoms with E-state index in [1.54, 1.807) is 43.3 Å². The van der Waals surface area contributed by atoms with Gasteiger partial charge in [-0.25, -0.2) is 0 Å². The predicted octanol–water partition coefficient (Wildman–Crippen LogP) is 3.81. The summed E-state index contributed by atoms with van der Waals surface area (Å²) < 4.78 is 10.2. The number of alkyl halides is 1. The first kappa shape index (κ1) is 32.7. The highest BCUT2D eigenvalue weighted by atomic mass is 35.5. The van der Waals surface area contributed by atoms with Crippen LogP contribution in [0.5, 0.6) is 0 Å². The van der Waals surface area contributed by atoms with Crippen LogP contribution in [0.25, 0.3) is 0 Å². The Kier molecular flexibility index (Phi) is 12.7. The predicted molar refractivity (Wildman–Crippen MR) is 157 cm³/mol. The minimum atomic E-state index is -1.11. The lowest BCUT2D eigenvalue weighted by molar-refractivity contribution is -0.160. The molecule has 9 nitrogen and oxygen atoms in total. The zero-order valence-corrected chi connectivity index (χ0v) is 25.3. The largest absolute Gasteiger partial charge is 0.465 e. The fraction of sp³-hybridized carbons (Fsp3) is 0.448. The molecule has 2 unspecified atom stereocenters. The van der Waals surface area contributed by atoms with E-state index in [0.717, 1.165) is 11.1 Å². The average molecular weight is 627 g/mol. The van der Waals surface area contributed by atoms with Gasteiger partial charge < -0.3 is 24.2 Å². The van der Waals surface area contributed by atoms with Crippen LogP contribution in [0.4, 0.5) is 0 Å². The molecule has 3 rings (SSSR count). The maximum absolute atomic E-state index is 13.7. The van der Waals surface area contributed by atoms with E-state index in [9.17, 15) is 19.2 Å². The third-order valence-corrected chi connectivity index (χ3v) is 7.59. The van der Waals surface area contributed by atoms with Crippen molar-refractivity contribution < 1.29 is 28.7 Å². The molecule has 222 valence electrons. The number of piperazine rings is 1. The van der Waals surface area contributed by atoms with E-state index in [1.165, 1.54) is 21.8 Å². The Hall–Kier alpha value is -2.85. The summed E-state index contributed by atoms with van der Waals surface area (Å²) in [6.07, 6.45) is 0.409. The van der Waals surface area contributed by atoms with Crippen molar-refractivity contribution in [2.75, 3.05) is 46.5 Å². The second kappa shape index (κ2) is 16.0. The molecule has 0 spiro atoms. The molecule has 2 aromatic carbocycles. The van der Waals surface area contributed by atoms with Gasteiger partial charge >= 0.3 is 5.97 Å². The lowest BCUT2D eigenvalue weighted by Crippen LogP contribution is -2.63. The number of esters is 1. The van der Waals surface area contributed by atoms with E-state index in [0.29, 0.717) is 16.5 Å². The van der Waals surface area contributed by atoms with E-state index in [1.807, 2.05) is 12.1 Å². The number of ether oxygens (including phenoxy) is 2. The van der Waals surface area contributed by atoms with E-state index in [-0.39, 0.29) is 58.1 Å². The van der Waals surface area contributed by atoms with Gasteiger partial charge in [0.25, 0.3) is 0 Å². The highest BCUT2D eigenvalue weighted by Gasteiger charge is 2.43. The molecule has 0 aliphatic carbocycles. The summed E-state index contributed by atoms with van der Waals surface area (Å²) in [6, 6.07) is 13.1. The van der Waals surface area contributed by atoms with Gasteiger partial charge in [0.05, 0.1) is 19.6 Å². The molecule has 1 fully saturated rings. The van der Waals surface area contributed by atoms with Gasteiger partial charge in [-0.1, -0.05) is 59.1 Å². The van der Waals surface area contributed by atoms with E-state index < -0.39 is 29.3 Å². The molecule has 2 aromatic rings. The van der Waals surface area contributed by atoms with Crippen LogP contribution in [-0.2, 0) is 41.5 Å². The summed E-state index contributed by atoms with van der Waals surface area (Å²) in [5, 5.41) is 1.16. The van der Waals surface area contributed by atoms with Crippen molar-refractivity contribution in [1.82, 2.24) is 14.7 Å². The number of nitrogens with zero attached hydrogens (tertiary/aromatic N) is 3. The summed E-state index contributed by atoms with van der Waals surface area (Å²) in [5.74, 6) is -1.83. The molecule has 0 aromatic heterocycles. The molecular formula is C29H34Cl3N3O6. The smallest absolute Gasteiger partial charge is 0.325 e. The molecular weight excluding hydrogens is 593 g/mol. The van der Waals surface area contributed by atoms with Crippen LogP contribution in [0, 0.1) is 0 Å². The molecule has 1 heterocycles. The number of hydrogen-bond donors (Lipinski definition) is 0. The summed E-state index contributed by atoms with van der Waals surface area (Å²) in [7, 11) is 1.49. The first-order chi connectivity index (χ1) is 19.6. The normalized spacial score (nSPS) is 16.1. The van der Waals surface area contributed by atoms with Crippen molar-refractivity contribution in [1.29, 1.82) is 0 Å². The fourth-order valence-corrected chi connectivity index (χ4v) is 5.10. The Balaban J connectivity index is 1.80. The van der Waals surface area contributed by atoms with Crippen LogP contribution in [0.1, 0.15) is 24.5 Å². The number of benzene rings is 2. The summed E-state index contributed by atoms with van der Waals surface area (Å²) in [6.45, 7) is 1.84. The molecule has 2 atom stereocenters. The first-order valence-corrected chi connectivity index (χ1v) is 14.5. The van der Waals surface area contributed by atoms with Crippen LogP contribution < -0.4 is 0 Å². The van der Waals surface area contributed by atoms with E-state index >= 15 is 0 Å². The van der Waals surface area contributed by atoms with Gasteiger partial charge in [0, 0.05) is 36.7 Å². The minimum Gasteiger partial charge on any atom is -0.465 e. The molecule has 3 amide bonds. The maximum atomic E-state index is 13.7. The molecule has 0 saturated carbocycles. The van der Waals surface area contributed by atoms with Crippen LogP contribution in [0.15, 0.2) is 48.5 Å². The number of rotatable bonds is 14. The van der Waals surface area contributed by atoms with Gasteiger partial charge in [-0.15, -0.1) is 0 Å². The van der Waals surface area contributed by atoms with Gasteiger partial charge in [0.1, 0.15) is 24.6 Å². The van der Waals surface area contributed by atoms with Crippen LogP contribution in [0.3, 0.4) is 0 Å². The van der Waals surface area contributed by atoms with Crippen molar-refractivity contribution in [2.45, 2.75) is 37.7 Å². The Bertz CT molecular complexity index is 1200. The fourth-order valence-electron chi connectivity index (χ4n) is 4.51. The number of methoxy groups -OCH3 is 1. The Morgan fingerprint density at radius 2 is 1.63 bits per heavy atom. The maximum Gasteiger partial charge on any atom is 0.325 e. The second-order valence-electron chi connectivity index (χ2n) is 9.53. The first-order valence-electron chi connectivity index (χ1n) is 13.3. The van der Waals surface area contributed by atoms with Crippen LogP contribution >= 0.6 is 34.8 Å². The Labute approximate surface area is 255 Å². The molecule has 1 saturated heterocycles. The quantitative estimate of drug-likeness (QED) is 0.180. The van der Waals surface area contributed by atoms with Crippen molar-refractivity contribution >= 4 is 58.5 Å². The summed E-state index contributed by atoms with van der Waals surface area (Å²) in [5.41, 5.74) is 0.933. The third-order valence-electron chi connectivity index (χ3n) is 6.69. The number of carbonyl (C=O) groups is 4. The van der Waals surface area contributed by atoms with Crippen molar-refractivity contribution in [2.24, 2.45) is 0 Å². The lowest BCUT2D eigenvalue weighted by atomic mass is 10.0. The van der Waals surface area contributed by atoms with Crippen molar-refractivity contribution in [3.8, 4) is 0 Å². The topological polar surface area (TPSA) is 96.5 Å². The highest BCUT2D eigenvalue weighted by molar-refractivity contribution is 6.30. The monoisotopic (exact) mass is 625 g/mol. The van der Waals surface area contributed by atoms with Crippen LogP contribution in [-0.4, -0.2) is 96.4 Å². The van der Waals surface area contributed by atoms with Crippen molar-refractivity contribution in [3.05, 3.63) is 69.7 Å². The van der Waals surface area contributed by atoms with Gasteiger partial charge in [-0.05, 0) is 48.7 Å². The lowest BCUT2D eigenvalue weighted by Gasteiger charge is -2.42. The molecule has 1 aliphatic heterocycles. The second-order valence-corrected chi connectivity index (χ2v) is 10.9. The molecule has 1 aliphatic rings. The molecule has 41 heavy (non-hydrogen) atoms. The Morgan fingerprint density at radius 3 is 2.22 bits per heavy atom. The molecule has 0 N–H and O–H groups in total. The molecule has 0 radical (unpaired) electrons. The highest BCUT2D eigenvalue weighted by Crippen LogP contribution is 2.23. The SMILES string of the molecule is CCOC(=O)CN(CCc1ccc(Cl)cc1)C(=O)CC1C(=O)N(C(Cl)Cc2ccc(Cl)cc2)CC(=O)N1CCOC. The van der Waals surface area contributed by atoms with Gasteiger partial charge in [0.2, 0.25) is 17.7 Å². The van der Waals surface area contributed by atoms with E-state index in [2.05, 4.69) is 0 Å². The molecule has 0 bridgehead atoms. The molecule has 12 heteroatoms. The zero-order chi connectivity index (χ0) is 29.9. The van der Waals surface area contributed by atoms with Gasteiger partial charge in [-0.3, -0.25) is 19.2 Å². The van der Waals surface area contributed by atoms with Gasteiger partial charge in [0.15, 0.2) is 0 Å². The zero-order valence-electron chi connectivity index (χ0n) is 23.1. The number of amides is 3.